The minimum absolute atomic E-state index is 0.428. The number of nitrogens with zero attached hydrogens (tertiary/aromatic N) is 2. The van der Waals surface area contributed by atoms with Crippen molar-refractivity contribution >= 4 is 5.88 Å². The zero-order valence-corrected chi connectivity index (χ0v) is 15.0. The molecule has 0 unspecified atom stereocenters. The van der Waals surface area contributed by atoms with Crippen LogP contribution in [0, 0.1) is 0 Å². The molecule has 0 aliphatic carbocycles. The first-order chi connectivity index (χ1) is 12.3. The number of morpholine rings is 1. The monoisotopic (exact) mass is 344 g/mol. The minimum Gasteiger partial charge on any atom is -0.422 e. The van der Waals surface area contributed by atoms with Crippen molar-refractivity contribution in [2.24, 2.45) is 0 Å². The van der Waals surface area contributed by atoms with Crippen molar-refractivity contribution in [3.63, 3.8) is 0 Å². The molecule has 25 heavy (non-hydrogen) atoms. The van der Waals surface area contributed by atoms with Gasteiger partial charge < -0.3 is 19.2 Å². The molecule has 0 bridgehead atoms. The first-order valence-electron chi connectivity index (χ1n) is 9.36. The number of aliphatic hydroxyl groups excluding tert-OH is 1. The smallest absolute Gasteiger partial charge is 0.226 e. The number of anilines is 1. The minimum atomic E-state index is -0.644. The molecule has 0 spiro atoms. The fraction of sp³-hybridized carbons (Fsp3) is 0.550. The van der Waals surface area contributed by atoms with E-state index in [0.29, 0.717) is 25.5 Å². The van der Waals surface area contributed by atoms with Crippen LogP contribution in [-0.2, 0) is 4.74 Å². The molecular weight excluding hydrogens is 316 g/mol. The van der Waals surface area contributed by atoms with E-state index in [4.69, 9.17) is 9.15 Å². The predicted octanol–water partition coefficient (Wildman–Crippen LogP) is 4.18. The average Bonchev–Trinajstić information content (AvgIpc) is 3.12. The Morgan fingerprint density at radius 2 is 1.88 bits per heavy atom. The second kappa shape index (κ2) is 9.02. The lowest BCUT2D eigenvalue weighted by atomic mass is 10.1. The van der Waals surface area contributed by atoms with Crippen LogP contribution in [0.25, 0.3) is 11.3 Å². The summed E-state index contributed by atoms with van der Waals surface area (Å²) < 4.78 is 11.5. The van der Waals surface area contributed by atoms with Crippen molar-refractivity contribution in [1.82, 2.24) is 4.98 Å². The van der Waals surface area contributed by atoms with E-state index in [9.17, 15) is 5.11 Å². The molecule has 0 amide bonds. The molecule has 0 saturated carbocycles. The maximum atomic E-state index is 10.5. The van der Waals surface area contributed by atoms with Gasteiger partial charge in [-0.2, -0.15) is 0 Å². The summed E-state index contributed by atoms with van der Waals surface area (Å²) in [6.45, 7) is 5.11. The van der Waals surface area contributed by atoms with Crippen molar-refractivity contribution in [3.05, 3.63) is 36.2 Å². The second-order valence-electron chi connectivity index (χ2n) is 6.54. The molecule has 5 heteroatoms. The molecular formula is C20H28N2O3. The van der Waals surface area contributed by atoms with Crippen LogP contribution in [0.1, 0.15) is 51.0 Å². The summed E-state index contributed by atoms with van der Waals surface area (Å²) >= 11 is 0. The Bertz CT molecular complexity index is 636. The zero-order chi connectivity index (χ0) is 17.5. The van der Waals surface area contributed by atoms with Crippen LogP contribution in [0.2, 0.25) is 0 Å². The molecule has 1 fully saturated rings. The standard InChI is InChI=1S/C20H28N2O3/c1-2-3-4-8-11-17(23)19-21-18(16-9-6-5-7-10-16)20(25-19)22-12-14-24-15-13-22/h5-7,9-10,17,23H,2-4,8,11-15H2,1H3/t17-/m0/s1. The van der Waals surface area contributed by atoms with Gasteiger partial charge in [-0.15, -0.1) is 0 Å². The maximum absolute atomic E-state index is 10.5. The van der Waals surface area contributed by atoms with Crippen LogP contribution >= 0.6 is 0 Å². The summed E-state index contributed by atoms with van der Waals surface area (Å²) in [6.07, 6.45) is 4.56. The van der Waals surface area contributed by atoms with Crippen LogP contribution in [0.4, 0.5) is 5.88 Å². The van der Waals surface area contributed by atoms with E-state index >= 15 is 0 Å². The number of benzene rings is 1. The van der Waals surface area contributed by atoms with E-state index in [1.807, 2.05) is 30.3 Å². The third-order valence-corrected chi connectivity index (χ3v) is 4.59. The van der Waals surface area contributed by atoms with E-state index in [1.54, 1.807) is 0 Å². The van der Waals surface area contributed by atoms with Gasteiger partial charge in [0.1, 0.15) is 11.8 Å². The topological polar surface area (TPSA) is 58.7 Å². The van der Waals surface area contributed by atoms with Gasteiger partial charge in [0.2, 0.25) is 11.8 Å². The maximum Gasteiger partial charge on any atom is 0.226 e. The number of hydrogen-bond acceptors (Lipinski definition) is 5. The Balaban J connectivity index is 1.81. The molecule has 1 aliphatic heterocycles. The fourth-order valence-corrected chi connectivity index (χ4v) is 3.12. The molecule has 2 heterocycles. The summed E-state index contributed by atoms with van der Waals surface area (Å²) in [5.41, 5.74) is 1.82. The van der Waals surface area contributed by atoms with E-state index in [0.717, 1.165) is 43.1 Å². The highest BCUT2D eigenvalue weighted by Gasteiger charge is 2.25. The number of rotatable bonds is 8. The third-order valence-electron chi connectivity index (χ3n) is 4.59. The molecule has 1 aromatic heterocycles. The molecule has 136 valence electrons. The van der Waals surface area contributed by atoms with E-state index in [-0.39, 0.29) is 0 Å². The van der Waals surface area contributed by atoms with E-state index < -0.39 is 6.10 Å². The van der Waals surface area contributed by atoms with Gasteiger partial charge in [-0.25, -0.2) is 4.98 Å². The van der Waals surface area contributed by atoms with E-state index in [1.165, 1.54) is 12.8 Å². The van der Waals surface area contributed by atoms with Crippen LogP contribution in [0.3, 0.4) is 0 Å². The largest absolute Gasteiger partial charge is 0.422 e. The van der Waals surface area contributed by atoms with Crippen molar-refractivity contribution in [2.45, 2.75) is 45.1 Å². The average molecular weight is 344 g/mol. The number of oxazole rings is 1. The number of aromatic nitrogens is 1. The van der Waals surface area contributed by atoms with Crippen LogP contribution in [-0.4, -0.2) is 36.4 Å². The van der Waals surface area contributed by atoms with Gasteiger partial charge in [-0.1, -0.05) is 62.9 Å². The Morgan fingerprint density at radius 1 is 1.12 bits per heavy atom. The summed E-state index contributed by atoms with van der Waals surface area (Å²) in [4.78, 5) is 6.81. The lowest BCUT2D eigenvalue weighted by molar-refractivity contribution is 0.116. The number of unbranched alkanes of at least 4 members (excludes halogenated alkanes) is 3. The Kier molecular flexibility index (Phi) is 6.48. The van der Waals surface area contributed by atoms with Gasteiger partial charge in [0.25, 0.3) is 0 Å². The van der Waals surface area contributed by atoms with Gasteiger partial charge in [0.15, 0.2) is 0 Å². The molecule has 1 saturated heterocycles. The molecule has 0 radical (unpaired) electrons. The molecule has 1 atom stereocenters. The van der Waals surface area contributed by atoms with Crippen molar-refractivity contribution in [3.8, 4) is 11.3 Å². The lowest BCUT2D eigenvalue weighted by Crippen LogP contribution is -2.36. The van der Waals surface area contributed by atoms with E-state index in [2.05, 4.69) is 16.8 Å². The molecule has 5 nitrogen and oxygen atoms in total. The second-order valence-corrected chi connectivity index (χ2v) is 6.54. The first kappa shape index (κ1) is 18.0. The summed E-state index contributed by atoms with van der Waals surface area (Å²) in [5.74, 6) is 1.17. The van der Waals surface area contributed by atoms with Crippen molar-refractivity contribution < 1.29 is 14.3 Å². The molecule has 1 N–H and O–H groups in total. The summed E-state index contributed by atoms with van der Waals surface area (Å²) in [7, 11) is 0. The number of aliphatic hydroxyl groups is 1. The Hall–Kier alpha value is -1.85. The SMILES string of the molecule is CCCCCC[C@H](O)c1nc(-c2ccccc2)c(N2CCOCC2)o1. The summed E-state index contributed by atoms with van der Waals surface area (Å²) in [5, 5.41) is 10.5. The number of ether oxygens (including phenoxy) is 1. The quantitative estimate of drug-likeness (QED) is 0.728. The van der Waals surface area contributed by atoms with Gasteiger partial charge >= 0.3 is 0 Å². The zero-order valence-electron chi connectivity index (χ0n) is 15.0. The van der Waals surface area contributed by atoms with Gasteiger partial charge in [0.05, 0.1) is 13.2 Å². The Labute approximate surface area is 149 Å². The highest BCUT2D eigenvalue weighted by Crippen LogP contribution is 2.34. The Morgan fingerprint density at radius 3 is 2.60 bits per heavy atom. The van der Waals surface area contributed by atoms with Crippen LogP contribution in [0.15, 0.2) is 34.7 Å². The number of hydrogen-bond donors (Lipinski definition) is 1. The third kappa shape index (κ3) is 4.61. The van der Waals surface area contributed by atoms with Crippen molar-refractivity contribution in [2.75, 3.05) is 31.2 Å². The van der Waals surface area contributed by atoms with Crippen molar-refractivity contribution in [1.29, 1.82) is 0 Å². The van der Waals surface area contributed by atoms with Gasteiger partial charge in [-0.3, -0.25) is 0 Å². The molecule has 1 aliphatic rings. The fourth-order valence-electron chi connectivity index (χ4n) is 3.12. The lowest BCUT2D eigenvalue weighted by Gasteiger charge is -2.26. The normalized spacial score (nSPS) is 16.2. The van der Waals surface area contributed by atoms with Crippen LogP contribution < -0.4 is 4.90 Å². The summed E-state index contributed by atoms with van der Waals surface area (Å²) in [6, 6.07) is 10.0. The first-order valence-corrected chi connectivity index (χ1v) is 9.36. The molecule has 1 aromatic carbocycles. The highest BCUT2D eigenvalue weighted by atomic mass is 16.5. The molecule has 2 aromatic rings. The van der Waals surface area contributed by atoms with Gasteiger partial charge in [0, 0.05) is 18.7 Å². The predicted molar refractivity (Wildman–Crippen MR) is 98.7 cm³/mol. The van der Waals surface area contributed by atoms with Gasteiger partial charge in [-0.05, 0) is 6.42 Å². The highest BCUT2D eigenvalue weighted by molar-refractivity contribution is 5.71. The van der Waals surface area contributed by atoms with Crippen LogP contribution in [0.5, 0.6) is 0 Å². The molecule has 3 rings (SSSR count).